The van der Waals surface area contributed by atoms with Gasteiger partial charge in [-0.3, -0.25) is 0 Å². The van der Waals surface area contributed by atoms with Crippen LogP contribution in [0.15, 0.2) is 24.3 Å². The number of hydrogen-bond acceptors (Lipinski definition) is 3. The van der Waals surface area contributed by atoms with Gasteiger partial charge in [-0.2, -0.15) is 0 Å². The van der Waals surface area contributed by atoms with E-state index in [1.54, 1.807) is 12.1 Å². The Labute approximate surface area is 90.8 Å². The third-order valence-electron chi connectivity index (χ3n) is 2.41. The molecule has 1 unspecified atom stereocenters. The molecule has 84 valence electrons. The van der Waals surface area contributed by atoms with Gasteiger partial charge in [0.15, 0.2) is 0 Å². The normalized spacial score (nSPS) is 12.7. The maximum atomic E-state index is 9.11. The molecule has 0 fully saturated rings. The Kier molecular flexibility index (Phi) is 5.15. The highest BCUT2D eigenvalue weighted by atomic mass is 16.3. The van der Waals surface area contributed by atoms with Crippen molar-refractivity contribution in [1.82, 2.24) is 5.32 Å². The van der Waals surface area contributed by atoms with E-state index in [4.69, 9.17) is 10.2 Å². The molecule has 0 saturated heterocycles. The molecule has 1 aromatic rings. The lowest BCUT2D eigenvalue weighted by atomic mass is 10.1. The summed E-state index contributed by atoms with van der Waals surface area (Å²) in [4.78, 5) is 0. The van der Waals surface area contributed by atoms with Crippen molar-refractivity contribution >= 4 is 0 Å². The van der Waals surface area contributed by atoms with Crippen LogP contribution in [0.2, 0.25) is 0 Å². The van der Waals surface area contributed by atoms with Gasteiger partial charge in [0.25, 0.3) is 0 Å². The van der Waals surface area contributed by atoms with Crippen molar-refractivity contribution in [3.63, 3.8) is 0 Å². The average molecular weight is 209 g/mol. The molecule has 0 amide bonds. The van der Waals surface area contributed by atoms with Crippen LogP contribution in [-0.4, -0.2) is 29.4 Å². The predicted octanol–water partition coefficient (Wildman–Crippen LogP) is 1.30. The van der Waals surface area contributed by atoms with Crippen LogP contribution in [0, 0.1) is 0 Å². The number of hydrogen-bond donors (Lipinski definition) is 3. The molecular formula is C12H19NO2. The molecule has 1 rings (SSSR count). The van der Waals surface area contributed by atoms with Crippen molar-refractivity contribution in [2.24, 2.45) is 0 Å². The minimum atomic E-state index is 0.184. The monoisotopic (exact) mass is 209 g/mol. The van der Waals surface area contributed by atoms with E-state index >= 15 is 0 Å². The SMILES string of the molecule is CC(CCc1ccc(O)cc1)NCCO. The van der Waals surface area contributed by atoms with Gasteiger partial charge in [-0.05, 0) is 37.5 Å². The van der Waals surface area contributed by atoms with Crippen LogP contribution in [0.4, 0.5) is 0 Å². The van der Waals surface area contributed by atoms with Crippen LogP contribution in [0.25, 0.3) is 0 Å². The van der Waals surface area contributed by atoms with Crippen LogP contribution in [0.3, 0.4) is 0 Å². The quantitative estimate of drug-likeness (QED) is 0.662. The number of rotatable bonds is 6. The lowest BCUT2D eigenvalue weighted by molar-refractivity contribution is 0.284. The summed E-state index contributed by atoms with van der Waals surface area (Å²) in [5, 5.41) is 21.0. The second-order valence-corrected chi connectivity index (χ2v) is 3.78. The maximum absolute atomic E-state index is 9.11. The molecule has 0 bridgehead atoms. The van der Waals surface area contributed by atoms with Crippen LogP contribution in [0.5, 0.6) is 5.75 Å². The number of aromatic hydroxyl groups is 1. The first kappa shape index (κ1) is 12.0. The molecule has 1 aromatic carbocycles. The van der Waals surface area contributed by atoms with Crippen LogP contribution in [-0.2, 0) is 6.42 Å². The second-order valence-electron chi connectivity index (χ2n) is 3.78. The van der Waals surface area contributed by atoms with Crippen LogP contribution in [0.1, 0.15) is 18.9 Å². The largest absolute Gasteiger partial charge is 0.508 e. The van der Waals surface area contributed by atoms with Gasteiger partial charge in [0, 0.05) is 12.6 Å². The zero-order chi connectivity index (χ0) is 11.1. The lowest BCUT2D eigenvalue weighted by Gasteiger charge is -2.12. The fourth-order valence-electron chi connectivity index (χ4n) is 1.46. The third kappa shape index (κ3) is 4.81. The van der Waals surface area contributed by atoms with Crippen molar-refractivity contribution in [2.45, 2.75) is 25.8 Å². The Morgan fingerprint density at radius 2 is 1.93 bits per heavy atom. The van der Waals surface area contributed by atoms with E-state index in [9.17, 15) is 0 Å². The second kappa shape index (κ2) is 6.43. The molecule has 0 saturated carbocycles. The van der Waals surface area contributed by atoms with Crippen molar-refractivity contribution < 1.29 is 10.2 Å². The van der Waals surface area contributed by atoms with E-state index in [2.05, 4.69) is 12.2 Å². The van der Waals surface area contributed by atoms with Crippen molar-refractivity contribution in [3.05, 3.63) is 29.8 Å². The summed E-state index contributed by atoms with van der Waals surface area (Å²) in [5.74, 6) is 0.310. The minimum absolute atomic E-state index is 0.184. The van der Waals surface area contributed by atoms with Crippen LogP contribution >= 0.6 is 0 Å². The van der Waals surface area contributed by atoms with Gasteiger partial charge in [0.2, 0.25) is 0 Å². The van der Waals surface area contributed by atoms with Crippen molar-refractivity contribution in [2.75, 3.05) is 13.2 Å². The first-order chi connectivity index (χ1) is 7.22. The lowest BCUT2D eigenvalue weighted by Crippen LogP contribution is -2.29. The van der Waals surface area contributed by atoms with E-state index in [-0.39, 0.29) is 6.61 Å². The molecule has 0 radical (unpaired) electrons. The van der Waals surface area contributed by atoms with Gasteiger partial charge in [-0.25, -0.2) is 0 Å². The molecule has 3 N–H and O–H groups in total. The zero-order valence-electron chi connectivity index (χ0n) is 9.11. The number of benzene rings is 1. The molecule has 0 heterocycles. The Morgan fingerprint density at radius 3 is 2.53 bits per heavy atom. The van der Waals surface area contributed by atoms with E-state index in [1.165, 1.54) is 5.56 Å². The summed E-state index contributed by atoms with van der Waals surface area (Å²) in [6.45, 7) is 2.94. The van der Waals surface area contributed by atoms with Crippen molar-refractivity contribution in [1.29, 1.82) is 0 Å². The molecule has 0 spiro atoms. The van der Waals surface area contributed by atoms with E-state index in [0.717, 1.165) is 12.8 Å². The highest BCUT2D eigenvalue weighted by Crippen LogP contribution is 2.11. The van der Waals surface area contributed by atoms with Gasteiger partial charge < -0.3 is 15.5 Å². The van der Waals surface area contributed by atoms with Crippen molar-refractivity contribution in [3.8, 4) is 5.75 Å². The van der Waals surface area contributed by atoms with E-state index in [1.807, 2.05) is 12.1 Å². The fraction of sp³-hybridized carbons (Fsp3) is 0.500. The number of nitrogens with one attached hydrogen (secondary N) is 1. The zero-order valence-corrected chi connectivity index (χ0v) is 9.11. The minimum Gasteiger partial charge on any atom is -0.508 e. The molecule has 1 atom stereocenters. The highest BCUT2D eigenvalue weighted by Gasteiger charge is 2.01. The molecule has 0 aromatic heterocycles. The highest BCUT2D eigenvalue weighted by molar-refractivity contribution is 5.25. The average Bonchev–Trinajstić information content (AvgIpc) is 2.25. The van der Waals surface area contributed by atoms with Gasteiger partial charge in [-0.15, -0.1) is 0 Å². The van der Waals surface area contributed by atoms with Crippen LogP contribution < -0.4 is 5.32 Å². The Balaban J connectivity index is 2.27. The third-order valence-corrected chi connectivity index (χ3v) is 2.41. The molecule has 15 heavy (non-hydrogen) atoms. The summed E-state index contributed by atoms with van der Waals surface area (Å²) in [6, 6.07) is 7.70. The standard InChI is InChI=1S/C12H19NO2/c1-10(13-8-9-14)2-3-11-4-6-12(15)7-5-11/h4-7,10,13-15H,2-3,8-9H2,1H3. The summed E-state index contributed by atoms with van der Waals surface area (Å²) in [5.41, 5.74) is 1.23. The summed E-state index contributed by atoms with van der Waals surface area (Å²) in [7, 11) is 0. The smallest absolute Gasteiger partial charge is 0.115 e. The van der Waals surface area contributed by atoms with Gasteiger partial charge in [0.1, 0.15) is 5.75 Å². The number of aliphatic hydroxyl groups is 1. The van der Waals surface area contributed by atoms with E-state index < -0.39 is 0 Å². The first-order valence-corrected chi connectivity index (χ1v) is 5.34. The van der Waals surface area contributed by atoms with Gasteiger partial charge in [0.05, 0.1) is 6.61 Å². The Bertz CT molecular complexity index is 271. The number of phenols is 1. The molecule has 0 aliphatic heterocycles. The molecule has 0 aliphatic rings. The van der Waals surface area contributed by atoms with E-state index in [0.29, 0.717) is 18.3 Å². The predicted molar refractivity (Wildman–Crippen MR) is 61.0 cm³/mol. The van der Waals surface area contributed by atoms with Gasteiger partial charge in [-0.1, -0.05) is 12.1 Å². The Morgan fingerprint density at radius 1 is 1.27 bits per heavy atom. The molecule has 3 nitrogen and oxygen atoms in total. The fourth-order valence-corrected chi connectivity index (χ4v) is 1.46. The topological polar surface area (TPSA) is 52.5 Å². The molecule has 0 aliphatic carbocycles. The first-order valence-electron chi connectivity index (χ1n) is 5.34. The summed E-state index contributed by atoms with van der Waals surface area (Å²) < 4.78 is 0. The number of phenolic OH excluding ortho intramolecular Hbond substituents is 1. The number of aliphatic hydroxyl groups excluding tert-OH is 1. The maximum Gasteiger partial charge on any atom is 0.115 e. The summed E-state index contributed by atoms with van der Waals surface area (Å²) in [6.07, 6.45) is 2.02. The Hall–Kier alpha value is -1.06. The van der Waals surface area contributed by atoms with Gasteiger partial charge >= 0.3 is 0 Å². The summed E-state index contributed by atoms with van der Waals surface area (Å²) >= 11 is 0. The molecule has 3 heteroatoms. The number of aryl methyl sites for hydroxylation is 1. The molecular weight excluding hydrogens is 190 g/mol.